The number of nitrogens with one attached hydrogen (secondary N) is 2. The van der Waals surface area contributed by atoms with Gasteiger partial charge in [-0.3, -0.25) is 9.78 Å². The van der Waals surface area contributed by atoms with Crippen molar-refractivity contribution in [1.29, 1.82) is 0 Å². The summed E-state index contributed by atoms with van der Waals surface area (Å²) in [6.45, 7) is 2.65. The number of aromatic amines is 1. The van der Waals surface area contributed by atoms with E-state index in [4.69, 9.17) is 9.47 Å². The standard InChI is InChI=1S/C20H22N4O3/c1-3-12-27-18-7-5-4-6-16(18)21-20-22-19(25)17(23-24-20)13-14-8-10-15(26-2)11-9-14/h4-11H,3,12-13H2,1-2H3,(H2,21,22,24,25). The summed E-state index contributed by atoms with van der Waals surface area (Å²) < 4.78 is 10.8. The molecule has 2 aromatic carbocycles. The average molecular weight is 366 g/mol. The van der Waals surface area contributed by atoms with Crippen molar-refractivity contribution in [2.24, 2.45) is 0 Å². The third-order valence-corrected chi connectivity index (χ3v) is 3.90. The van der Waals surface area contributed by atoms with Gasteiger partial charge in [-0.25, -0.2) is 0 Å². The minimum Gasteiger partial charge on any atom is -0.497 e. The maximum atomic E-state index is 12.4. The molecule has 0 fully saturated rings. The molecule has 0 aliphatic rings. The second-order valence-electron chi connectivity index (χ2n) is 5.94. The topological polar surface area (TPSA) is 89.1 Å². The summed E-state index contributed by atoms with van der Waals surface area (Å²) in [6.07, 6.45) is 1.30. The monoisotopic (exact) mass is 366 g/mol. The fourth-order valence-corrected chi connectivity index (χ4v) is 2.50. The van der Waals surface area contributed by atoms with Crippen molar-refractivity contribution in [2.45, 2.75) is 19.8 Å². The van der Waals surface area contributed by atoms with Crippen molar-refractivity contribution < 1.29 is 9.47 Å². The molecule has 0 saturated heterocycles. The Morgan fingerprint density at radius 2 is 1.85 bits per heavy atom. The Bertz CT molecular complexity index is 938. The van der Waals surface area contributed by atoms with E-state index in [0.717, 1.165) is 23.4 Å². The number of nitrogens with zero attached hydrogens (tertiary/aromatic N) is 2. The molecular formula is C20H22N4O3. The summed E-state index contributed by atoms with van der Waals surface area (Å²) in [5, 5.41) is 11.2. The van der Waals surface area contributed by atoms with E-state index in [0.29, 0.717) is 24.5 Å². The van der Waals surface area contributed by atoms with Crippen LogP contribution in [0.5, 0.6) is 11.5 Å². The largest absolute Gasteiger partial charge is 0.497 e. The van der Waals surface area contributed by atoms with E-state index in [1.54, 1.807) is 7.11 Å². The van der Waals surface area contributed by atoms with E-state index < -0.39 is 0 Å². The Morgan fingerprint density at radius 3 is 2.56 bits per heavy atom. The van der Waals surface area contributed by atoms with Crippen molar-refractivity contribution in [3.8, 4) is 11.5 Å². The minimum absolute atomic E-state index is 0.269. The van der Waals surface area contributed by atoms with Crippen LogP contribution in [0.25, 0.3) is 0 Å². The number of aromatic nitrogens is 3. The fraction of sp³-hybridized carbons (Fsp3) is 0.250. The number of methoxy groups -OCH3 is 1. The molecule has 3 aromatic rings. The lowest BCUT2D eigenvalue weighted by molar-refractivity contribution is 0.319. The van der Waals surface area contributed by atoms with Gasteiger partial charge in [-0.1, -0.05) is 31.2 Å². The molecule has 27 heavy (non-hydrogen) atoms. The molecule has 0 aliphatic carbocycles. The lowest BCUT2D eigenvalue weighted by Crippen LogP contribution is -2.19. The molecule has 0 saturated carbocycles. The van der Waals surface area contributed by atoms with Gasteiger partial charge in [-0.2, -0.15) is 0 Å². The Labute approximate surface area is 157 Å². The van der Waals surface area contributed by atoms with Crippen LogP contribution in [-0.2, 0) is 6.42 Å². The highest BCUT2D eigenvalue weighted by Crippen LogP contribution is 2.25. The molecule has 0 radical (unpaired) electrons. The molecule has 0 spiro atoms. The Morgan fingerprint density at radius 1 is 1.07 bits per heavy atom. The van der Waals surface area contributed by atoms with Crippen molar-refractivity contribution >= 4 is 11.6 Å². The summed E-state index contributed by atoms with van der Waals surface area (Å²) in [5.41, 5.74) is 1.74. The Balaban J connectivity index is 1.74. The van der Waals surface area contributed by atoms with E-state index in [1.165, 1.54) is 0 Å². The fourth-order valence-electron chi connectivity index (χ4n) is 2.50. The van der Waals surface area contributed by atoms with E-state index in [-0.39, 0.29) is 11.5 Å². The van der Waals surface area contributed by atoms with Gasteiger partial charge in [0.05, 0.1) is 19.4 Å². The van der Waals surface area contributed by atoms with Crippen LogP contribution in [0.1, 0.15) is 24.6 Å². The van der Waals surface area contributed by atoms with Gasteiger partial charge in [0.15, 0.2) is 0 Å². The van der Waals surface area contributed by atoms with E-state index in [2.05, 4.69) is 20.5 Å². The van der Waals surface area contributed by atoms with Gasteiger partial charge in [-0.15, -0.1) is 10.2 Å². The Hall–Kier alpha value is -3.35. The highest BCUT2D eigenvalue weighted by atomic mass is 16.5. The summed E-state index contributed by atoms with van der Waals surface area (Å²) in [7, 11) is 1.61. The molecule has 2 N–H and O–H groups in total. The van der Waals surface area contributed by atoms with E-state index in [9.17, 15) is 4.79 Å². The zero-order valence-corrected chi connectivity index (χ0v) is 15.4. The molecule has 0 unspecified atom stereocenters. The summed E-state index contributed by atoms with van der Waals surface area (Å²) >= 11 is 0. The van der Waals surface area contributed by atoms with Crippen LogP contribution in [0.15, 0.2) is 53.3 Å². The van der Waals surface area contributed by atoms with Crippen LogP contribution in [0, 0.1) is 0 Å². The number of hydrogen-bond donors (Lipinski definition) is 2. The van der Waals surface area contributed by atoms with E-state index in [1.807, 2.05) is 55.5 Å². The van der Waals surface area contributed by atoms with Gasteiger partial charge in [0.25, 0.3) is 5.56 Å². The normalized spacial score (nSPS) is 10.4. The van der Waals surface area contributed by atoms with Gasteiger partial charge in [0.2, 0.25) is 5.95 Å². The quantitative estimate of drug-likeness (QED) is 0.636. The third-order valence-electron chi connectivity index (χ3n) is 3.90. The predicted octanol–water partition coefficient (Wildman–Crippen LogP) is 3.30. The number of para-hydroxylation sites is 2. The average Bonchev–Trinajstić information content (AvgIpc) is 2.70. The number of anilines is 2. The molecule has 7 nitrogen and oxygen atoms in total. The van der Waals surface area contributed by atoms with Gasteiger partial charge in [0.1, 0.15) is 17.2 Å². The highest BCUT2D eigenvalue weighted by molar-refractivity contribution is 5.62. The SMILES string of the molecule is CCCOc1ccccc1Nc1nnc(Cc2ccc(OC)cc2)c(=O)[nH]1. The molecule has 7 heteroatoms. The number of ether oxygens (including phenoxy) is 2. The van der Waals surface area contributed by atoms with Gasteiger partial charge in [-0.05, 0) is 36.2 Å². The van der Waals surface area contributed by atoms with Gasteiger partial charge < -0.3 is 14.8 Å². The second-order valence-corrected chi connectivity index (χ2v) is 5.94. The summed E-state index contributed by atoms with van der Waals surface area (Å²) in [4.78, 5) is 15.1. The van der Waals surface area contributed by atoms with E-state index >= 15 is 0 Å². The first-order valence-corrected chi connectivity index (χ1v) is 8.77. The molecule has 0 bridgehead atoms. The predicted molar refractivity (Wildman–Crippen MR) is 104 cm³/mol. The number of hydrogen-bond acceptors (Lipinski definition) is 6. The summed E-state index contributed by atoms with van der Waals surface area (Å²) in [6, 6.07) is 15.0. The zero-order chi connectivity index (χ0) is 19.1. The van der Waals surface area contributed by atoms with Gasteiger partial charge >= 0.3 is 0 Å². The Kier molecular flexibility index (Phi) is 6.04. The van der Waals surface area contributed by atoms with Crippen molar-refractivity contribution in [2.75, 3.05) is 19.0 Å². The number of H-pyrrole nitrogens is 1. The first-order valence-electron chi connectivity index (χ1n) is 8.77. The van der Waals surface area contributed by atoms with Crippen molar-refractivity contribution in [1.82, 2.24) is 15.2 Å². The maximum Gasteiger partial charge on any atom is 0.274 e. The smallest absolute Gasteiger partial charge is 0.274 e. The zero-order valence-electron chi connectivity index (χ0n) is 15.4. The molecule has 0 atom stereocenters. The number of rotatable bonds is 8. The van der Waals surface area contributed by atoms with Crippen LogP contribution < -0.4 is 20.3 Å². The first-order chi connectivity index (χ1) is 13.2. The molecule has 3 rings (SSSR count). The van der Waals surface area contributed by atoms with Crippen LogP contribution in [-0.4, -0.2) is 28.9 Å². The third kappa shape index (κ3) is 4.84. The maximum absolute atomic E-state index is 12.4. The van der Waals surface area contributed by atoms with Crippen LogP contribution in [0.3, 0.4) is 0 Å². The molecular weight excluding hydrogens is 344 g/mol. The second kappa shape index (κ2) is 8.84. The van der Waals surface area contributed by atoms with Crippen LogP contribution >= 0.6 is 0 Å². The van der Waals surface area contributed by atoms with Gasteiger partial charge in [0, 0.05) is 6.42 Å². The first kappa shape index (κ1) is 18.4. The summed E-state index contributed by atoms with van der Waals surface area (Å²) in [5.74, 6) is 1.73. The minimum atomic E-state index is -0.282. The van der Waals surface area contributed by atoms with Crippen molar-refractivity contribution in [3.05, 3.63) is 70.1 Å². The molecule has 0 aliphatic heterocycles. The lowest BCUT2D eigenvalue weighted by Gasteiger charge is -2.11. The highest BCUT2D eigenvalue weighted by Gasteiger charge is 2.09. The molecule has 1 heterocycles. The number of benzene rings is 2. The van der Waals surface area contributed by atoms with Crippen LogP contribution in [0.4, 0.5) is 11.6 Å². The van der Waals surface area contributed by atoms with Crippen LogP contribution in [0.2, 0.25) is 0 Å². The molecule has 1 aromatic heterocycles. The lowest BCUT2D eigenvalue weighted by atomic mass is 10.1. The van der Waals surface area contributed by atoms with Crippen molar-refractivity contribution in [3.63, 3.8) is 0 Å². The molecule has 140 valence electrons. The molecule has 0 amide bonds.